The van der Waals surface area contributed by atoms with Gasteiger partial charge in [-0.15, -0.1) is 0 Å². The summed E-state index contributed by atoms with van der Waals surface area (Å²) in [5, 5.41) is 0. The molecule has 0 spiro atoms. The third-order valence-corrected chi connectivity index (χ3v) is 2.95. The van der Waals surface area contributed by atoms with Gasteiger partial charge in [0.15, 0.2) is 0 Å². The average molecular weight is 245 g/mol. The van der Waals surface area contributed by atoms with Crippen molar-refractivity contribution in [3.63, 3.8) is 0 Å². The van der Waals surface area contributed by atoms with Crippen molar-refractivity contribution in [1.29, 1.82) is 0 Å². The van der Waals surface area contributed by atoms with Gasteiger partial charge in [-0.2, -0.15) is 13.2 Å². The first-order valence-electron chi connectivity index (χ1n) is 5.47. The SMILES string of the molecule is CC(N)C1OCCc2c1cccc2C(F)(F)F. The minimum Gasteiger partial charge on any atom is -0.372 e. The number of hydrogen-bond acceptors (Lipinski definition) is 2. The summed E-state index contributed by atoms with van der Waals surface area (Å²) in [7, 11) is 0. The Morgan fingerprint density at radius 1 is 1.41 bits per heavy atom. The molecule has 2 N–H and O–H groups in total. The van der Waals surface area contributed by atoms with E-state index in [4.69, 9.17) is 10.5 Å². The van der Waals surface area contributed by atoms with Crippen LogP contribution in [-0.4, -0.2) is 12.6 Å². The summed E-state index contributed by atoms with van der Waals surface area (Å²) >= 11 is 0. The Morgan fingerprint density at radius 3 is 2.71 bits per heavy atom. The van der Waals surface area contributed by atoms with Crippen LogP contribution in [0.4, 0.5) is 13.2 Å². The van der Waals surface area contributed by atoms with Crippen molar-refractivity contribution in [3.8, 4) is 0 Å². The third kappa shape index (κ3) is 2.30. The van der Waals surface area contributed by atoms with E-state index in [0.29, 0.717) is 11.1 Å². The summed E-state index contributed by atoms with van der Waals surface area (Å²) in [6, 6.07) is 3.86. The van der Waals surface area contributed by atoms with Gasteiger partial charge < -0.3 is 10.5 Å². The standard InChI is InChI=1S/C12H14F3NO/c1-7(16)11-9-3-2-4-10(12(13,14)15)8(9)5-6-17-11/h2-4,7,11H,5-6,16H2,1H3. The number of ether oxygens (including phenoxy) is 1. The lowest BCUT2D eigenvalue weighted by Gasteiger charge is -2.30. The Balaban J connectivity index is 2.51. The van der Waals surface area contributed by atoms with Gasteiger partial charge in [0.2, 0.25) is 0 Å². The molecule has 0 amide bonds. The lowest BCUT2D eigenvalue weighted by atomic mass is 9.90. The van der Waals surface area contributed by atoms with Gasteiger partial charge in [-0.05, 0) is 30.5 Å². The highest BCUT2D eigenvalue weighted by molar-refractivity contribution is 5.40. The molecule has 1 aromatic carbocycles. The molecular formula is C12H14F3NO. The normalized spacial score (nSPS) is 22.1. The number of alkyl halides is 3. The van der Waals surface area contributed by atoms with Gasteiger partial charge in [-0.3, -0.25) is 0 Å². The highest BCUT2D eigenvalue weighted by Crippen LogP contribution is 2.38. The lowest BCUT2D eigenvalue weighted by Crippen LogP contribution is -2.32. The van der Waals surface area contributed by atoms with Crippen LogP contribution in [0.5, 0.6) is 0 Å². The number of nitrogens with two attached hydrogens (primary N) is 1. The topological polar surface area (TPSA) is 35.2 Å². The Labute approximate surface area is 97.6 Å². The molecule has 0 radical (unpaired) electrons. The molecule has 1 heterocycles. The lowest BCUT2D eigenvalue weighted by molar-refractivity contribution is -0.138. The maximum atomic E-state index is 12.8. The molecule has 2 nitrogen and oxygen atoms in total. The fourth-order valence-electron chi connectivity index (χ4n) is 2.23. The first-order valence-corrected chi connectivity index (χ1v) is 5.47. The van der Waals surface area contributed by atoms with Gasteiger partial charge in [0.05, 0.1) is 18.3 Å². The van der Waals surface area contributed by atoms with E-state index in [1.807, 2.05) is 0 Å². The van der Waals surface area contributed by atoms with Crippen LogP contribution in [0.25, 0.3) is 0 Å². The molecule has 0 fully saturated rings. The van der Waals surface area contributed by atoms with Gasteiger partial charge in [-0.1, -0.05) is 12.1 Å². The van der Waals surface area contributed by atoms with E-state index in [1.54, 1.807) is 13.0 Å². The van der Waals surface area contributed by atoms with Gasteiger partial charge >= 0.3 is 6.18 Å². The number of fused-ring (bicyclic) bond motifs is 1. The molecule has 0 saturated carbocycles. The van der Waals surface area contributed by atoms with E-state index in [0.717, 1.165) is 6.07 Å². The second kappa shape index (κ2) is 4.31. The number of rotatable bonds is 1. The summed E-state index contributed by atoms with van der Waals surface area (Å²) in [5.41, 5.74) is 6.07. The van der Waals surface area contributed by atoms with E-state index in [9.17, 15) is 13.2 Å². The van der Waals surface area contributed by atoms with Gasteiger partial charge in [0, 0.05) is 6.04 Å². The molecule has 2 rings (SSSR count). The summed E-state index contributed by atoms with van der Waals surface area (Å²) in [5.74, 6) is 0. The molecule has 2 atom stereocenters. The zero-order chi connectivity index (χ0) is 12.6. The van der Waals surface area contributed by atoms with Gasteiger partial charge in [0.25, 0.3) is 0 Å². The molecule has 5 heteroatoms. The monoisotopic (exact) mass is 245 g/mol. The van der Waals surface area contributed by atoms with Crippen LogP contribution < -0.4 is 5.73 Å². The molecular weight excluding hydrogens is 231 g/mol. The zero-order valence-corrected chi connectivity index (χ0v) is 9.42. The Kier molecular flexibility index (Phi) is 3.14. The first-order chi connectivity index (χ1) is 7.91. The van der Waals surface area contributed by atoms with Crippen molar-refractivity contribution >= 4 is 0 Å². The minimum atomic E-state index is -4.31. The smallest absolute Gasteiger partial charge is 0.372 e. The van der Waals surface area contributed by atoms with E-state index in [2.05, 4.69) is 0 Å². The predicted molar refractivity (Wildman–Crippen MR) is 57.5 cm³/mol. The van der Waals surface area contributed by atoms with Gasteiger partial charge in [-0.25, -0.2) is 0 Å². The largest absolute Gasteiger partial charge is 0.416 e. The van der Waals surface area contributed by atoms with E-state index < -0.39 is 17.8 Å². The molecule has 1 aliphatic heterocycles. The Morgan fingerprint density at radius 2 is 2.12 bits per heavy atom. The van der Waals surface area contributed by atoms with Crippen LogP contribution in [0.2, 0.25) is 0 Å². The maximum Gasteiger partial charge on any atom is 0.416 e. The summed E-state index contributed by atoms with van der Waals surface area (Å²) < 4.78 is 43.9. The number of hydrogen-bond donors (Lipinski definition) is 1. The summed E-state index contributed by atoms with van der Waals surface area (Å²) in [6.45, 7) is 2.02. The average Bonchev–Trinajstić information content (AvgIpc) is 2.26. The van der Waals surface area contributed by atoms with Crippen molar-refractivity contribution in [2.45, 2.75) is 31.7 Å². The third-order valence-electron chi connectivity index (χ3n) is 2.95. The molecule has 17 heavy (non-hydrogen) atoms. The van der Waals surface area contributed by atoms with Crippen molar-refractivity contribution in [1.82, 2.24) is 0 Å². The fourth-order valence-corrected chi connectivity index (χ4v) is 2.23. The molecule has 1 aliphatic rings. The number of halogens is 3. The summed E-state index contributed by atoms with van der Waals surface area (Å²) in [6.07, 6.45) is -4.47. The van der Waals surface area contributed by atoms with Crippen molar-refractivity contribution in [3.05, 3.63) is 34.9 Å². The van der Waals surface area contributed by atoms with Crippen LogP contribution >= 0.6 is 0 Å². The van der Waals surface area contributed by atoms with Crippen molar-refractivity contribution in [2.24, 2.45) is 5.73 Å². The van der Waals surface area contributed by atoms with E-state index >= 15 is 0 Å². The predicted octanol–water partition coefficient (Wildman–Crippen LogP) is 2.67. The zero-order valence-electron chi connectivity index (χ0n) is 9.42. The van der Waals surface area contributed by atoms with Crippen LogP contribution in [-0.2, 0) is 17.3 Å². The maximum absolute atomic E-state index is 12.8. The highest BCUT2D eigenvalue weighted by atomic mass is 19.4. The van der Waals surface area contributed by atoms with E-state index in [1.165, 1.54) is 6.07 Å². The second-order valence-corrected chi connectivity index (χ2v) is 4.27. The van der Waals surface area contributed by atoms with Crippen LogP contribution in [0, 0.1) is 0 Å². The molecule has 94 valence electrons. The molecule has 0 saturated heterocycles. The van der Waals surface area contributed by atoms with Crippen molar-refractivity contribution < 1.29 is 17.9 Å². The van der Waals surface area contributed by atoms with Crippen LogP contribution in [0.1, 0.15) is 29.7 Å². The van der Waals surface area contributed by atoms with Crippen LogP contribution in [0.15, 0.2) is 18.2 Å². The van der Waals surface area contributed by atoms with E-state index in [-0.39, 0.29) is 19.1 Å². The number of benzene rings is 1. The highest BCUT2D eigenvalue weighted by Gasteiger charge is 2.36. The second-order valence-electron chi connectivity index (χ2n) is 4.27. The van der Waals surface area contributed by atoms with Crippen LogP contribution in [0.3, 0.4) is 0 Å². The molecule has 1 aromatic rings. The Bertz CT molecular complexity index is 415. The molecule has 0 aliphatic carbocycles. The molecule has 0 aromatic heterocycles. The first kappa shape index (κ1) is 12.4. The summed E-state index contributed by atoms with van der Waals surface area (Å²) in [4.78, 5) is 0. The quantitative estimate of drug-likeness (QED) is 0.825. The Hall–Kier alpha value is -1.07. The minimum absolute atomic E-state index is 0.284. The van der Waals surface area contributed by atoms with Crippen molar-refractivity contribution in [2.75, 3.05) is 6.61 Å². The molecule has 2 unspecified atom stereocenters. The van der Waals surface area contributed by atoms with Gasteiger partial charge in [0.1, 0.15) is 0 Å². The fraction of sp³-hybridized carbons (Fsp3) is 0.500. The molecule has 0 bridgehead atoms.